The third-order valence-corrected chi connectivity index (χ3v) is 6.04. The van der Waals surface area contributed by atoms with Crippen LogP contribution in [0.4, 0.5) is 8.78 Å². The Hall–Kier alpha value is -4.60. The van der Waals surface area contributed by atoms with E-state index in [1.807, 2.05) is 0 Å². The van der Waals surface area contributed by atoms with Gasteiger partial charge in [0, 0.05) is 24.3 Å². The number of hydrogen-bond acceptors (Lipinski definition) is 7. The molecule has 0 spiro atoms. The molecule has 210 valence electrons. The Bertz CT molecular complexity index is 1430. The minimum absolute atomic E-state index is 0.0472. The number of nitrogens with one attached hydrogen (secondary N) is 1. The molecule has 0 aliphatic heterocycles. The summed E-state index contributed by atoms with van der Waals surface area (Å²) in [6.07, 6.45) is 1.34. The van der Waals surface area contributed by atoms with E-state index >= 15 is 0 Å². The van der Waals surface area contributed by atoms with E-state index in [0.29, 0.717) is 27.8 Å². The zero-order valence-electron chi connectivity index (χ0n) is 23.1. The molecule has 0 unspecified atom stereocenters. The molecule has 0 radical (unpaired) electrons. The van der Waals surface area contributed by atoms with Crippen LogP contribution in [0.25, 0.3) is 5.57 Å². The third kappa shape index (κ3) is 6.88. The van der Waals surface area contributed by atoms with Crippen LogP contribution in [0.15, 0.2) is 54.4 Å². The molecule has 0 saturated carbocycles. The quantitative estimate of drug-likeness (QED) is 0.278. The first-order valence-electron chi connectivity index (χ1n) is 12.5. The van der Waals surface area contributed by atoms with E-state index in [1.165, 1.54) is 45.4 Å². The van der Waals surface area contributed by atoms with Crippen molar-refractivity contribution in [3.05, 3.63) is 94.0 Å². The Morgan fingerprint density at radius 1 is 0.975 bits per heavy atom. The van der Waals surface area contributed by atoms with Crippen molar-refractivity contribution in [2.75, 3.05) is 7.11 Å². The standard InChI is InChI=1S/C30H30F2N2O6/c1-7-25(35)40-28-24(38-6)12-13-33-27(28)29(36)34-18(4)30(37)39-19(5)26(20-10-8-16(2)22(31)14-20)21-11-9-17(3)23(32)15-21/h8-15,18H,7H2,1-6H3,(H,34,36)/t18-/m0/s1. The molecule has 0 aliphatic rings. The normalized spacial score (nSPS) is 11.3. The summed E-state index contributed by atoms with van der Waals surface area (Å²) in [6.45, 7) is 7.68. The number of allylic oxidation sites excluding steroid dienone is 1. The van der Waals surface area contributed by atoms with Gasteiger partial charge in [-0.1, -0.05) is 31.2 Å². The maximum absolute atomic E-state index is 14.4. The van der Waals surface area contributed by atoms with Crippen LogP contribution in [0.3, 0.4) is 0 Å². The molecule has 1 aromatic heterocycles. The number of carbonyl (C=O) groups excluding carboxylic acids is 3. The highest BCUT2D eigenvalue weighted by molar-refractivity contribution is 5.99. The SMILES string of the molecule is CCC(=O)Oc1c(OC)ccnc1C(=O)N[C@@H](C)C(=O)OC(C)=C(c1ccc(C)c(F)c1)c1ccc(C)c(F)c1. The zero-order chi connectivity index (χ0) is 29.6. The second kappa shape index (κ2) is 13.0. The first-order chi connectivity index (χ1) is 19.0. The van der Waals surface area contributed by atoms with Crippen LogP contribution in [-0.4, -0.2) is 36.0 Å². The topological polar surface area (TPSA) is 104 Å². The van der Waals surface area contributed by atoms with Crippen molar-refractivity contribution in [3.63, 3.8) is 0 Å². The smallest absolute Gasteiger partial charge is 0.333 e. The number of benzene rings is 2. The lowest BCUT2D eigenvalue weighted by molar-refractivity contribution is -0.141. The lowest BCUT2D eigenvalue weighted by Crippen LogP contribution is -2.40. The molecule has 10 heteroatoms. The average molecular weight is 553 g/mol. The van der Waals surface area contributed by atoms with Gasteiger partial charge < -0.3 is 19.5 Å². The van der Waals surface area contributed by atoms with E-state index in [1.54, 1.807) is 45.0 Å². The number of nitrogens with zero attached hydrogens (tertiary/aromatic N) is 1. The average Bonchev–Trinajstić information content (AvgIpc) is 2.92. The van der Waals surface area contributed by atoms with Crippen LogP contribution in [-0.2, 0) is 14.3 Å². The molecule has 0 fully saturated rings. The Morgan fingerprint density at radius 2 is 1.55 bits per heavy atom. The van der Waals surface area contributed by atoms with Gasteiger partial charge in [-0.15, -0.1) is 0 Å². The van der Waals surface area contributed by atoms with Crippen molar-refractivity contribution in [1.29, 1.82) is 0 Å². The van der Waals surface area contributed by atoms with E-state index in [4.69, 9.17) is 14.2 Å². The number of esters is 2. The maximum Gasteiger partial charge on any atom is 0.333 e. The molecule has 40 heavy (non-hydrogen) atoms. The molecule has 8 nitrogen and oxygen atoms in total. The minimum atomic E-state index is -1.18. The summed E-state index contributed by atoms with van der Waals surface area (Å²) in [4.78, 5) is 41.9. The molecule has 0 aliphatic carbocycles. The van der Waals surface area contributed by atoms with Crippen LogP contribution in [0.1, 0.15) is 59.9 Å². The van der Waals surface area contributed by atoms with Crippen molar-refractivity contribution in [2.45, 2.75) is 47.1 Å². The molecule has 1 heterocycles. The van der Waals surface area contributed by atoms with Gasteiger partial charge in [0.15, 0.2) is 11.4 Å². The summed E-state index contributed by atoms with van der Waals surface area (Å²) in [5.74, 6) is -3.24. The Labute approximate surface area is 231 Å². The lowest BCUT2D eigenvalue weighted by atomic mass is 9.95. The largest absolute Gasteiger partial charge is 0.493 e. The van der Waals surface area contributed by atoms with Crippen molar-refractivity contribution in [3.8, 4) is 11.5 Å². The summed E-state index contributed by atoms with van der Waals surface area (Å²) >= 11 is 0. The monoisotopic (exact) mass is 552 g/mol. The molecule has 1 N–H and O–H groups in total. The maximum atomic E-state index is 14.4. The van der Waals surface area contributed by atoms with Crippen LogP contribution >= 0.6 is 0 Å². The van der Waals surface area contributed by atoms with Gasteiger partial charge in [0.2, 0.25) is 5.75 Å². The molecular weight excluding hydrogens is 522 g/mol. The van der Waals surface area contributed by atoms with Gasteiger partial charge in [0.25, 0.3) is 5.91 Å². The number of carbonyl (C=O) groups is 3. The Balaban J connectivity index is 1.91. The second-order valence-corrected chi connectivity index (χ2v) is 8.99. The number of hydrogen-bond donors (Lipinski definition) is 1. The number of halogens is 2. The van der Waals surface area contributed by atoms with Crippen molar-refractivity contribution in [2.24, 2.45) is 0 Å². The van der Waals surface area contributed by atoms with Gasteiger partial charge in [-0.25, -0.2) is 18.6 Å². The molecule has 1 amide bonds. The highest BCUT2D eigenvalue weighted by atomic mass is 19.1. The number of aromatic nitrogens is 1. The van der Waals surface area contributed by atoms with Crippen LogP contribution in [0.5, 0.6) is 11.5 Å². The summed E-state index contributed by atoms with van der Waals surface area (Å²) in [7, 11) is 1.34. The number of methoxy groups -OCH3 is 1. The molecule has 0 bridgehead atoms. The summed E-state index contributed by atoms with van der Waals surface area (Å²) in [5.41, 5.74) is 1.61. The highest BCUT2D eigenvalue weighted by Crippen LogP contribution is 2.31. The van der Waals surface area contributed by atoms with Crippen LogP contribution in [0.2, 0.25) is 0 Å². The van der Waals surface area contributed by atoms with E-state index in [0.717, 1.165) is 0 Å². The molecular formula is C30H30F2N2O6. The first kappa shape index (κ1) is 29.9. The Kier molecular flexibility index (Phi) is 9.71. The summed E-state index contributed by atoms with van der Waals surface area (Å²) in [5, 5.41) is 2.47. The number of ether oxygens (including phenoxy) is 3. The van der Waals surface area contributed by atoms with E-state index < -0.39 is 35.5 Å². The fourth-order valence-corrected chi connectivity index (χ4v) is 3.72. The fraction of sp³-hybridized carbons (Fsp3) is 0.267. The van der Waals surface area contributed by atoms with Gasteiger partial charge >= 0.3 is 11.9 Å². The van der Waals surface area contributed by atoms with E-state index in [9.17, 15) is 23.2 Å². The molecule has 3 rings (SSSR count). The number of amides is 1. The van der Waals surface area contributed by atoms with Crippen molar-refractivity contribution in [1.82, 2.24) is 10.3 Å². The van der Waals surface area contributed by atoms with Crippen LogP contribution < -0.4 is 14.8 Å². The van der Waals surface area contributed by atoms with Gasteiger partial charge in [-0.3, -0.25) is 9.59 Å². The first-order valence-corrected chi connectivity index (χ1v) is 12.5. The van der Waals surface area contributed by atoms with Gasteiger partial charge in [-0.2, -0.15) is 0 Å². The van der Waals surface area contributed by atoms with E-state index in [-0.39, 0.29) is 29.4 Å². The number of rotatable bonds is 9. The molecule has 0 saturated heterocycles. The van der Waals surface area contributed by atoms with Crippen LogP contribution in [0, 0.1) is 25.5 Å². The third-order valence-electron chi connectivity index (χ3n) is 6.04. The predicted molar refractivity (Wildman–Crippen MR) is 144 cm³/mol. The lowest BCUT2D eigenvalue weighted by Gasteiger charge is -2.18. The van der Waals surface area contributed by atoms with Crippen molar-refractivity contribution < 1.29 is 37.4 Å². The van der Waals surface area contributed by atoms with Crippen molar-refractivity contribution >= 4 is 23.4 Å². The number of pyridine rings is 1. The fourth-order valence-electron chi connectivity index (χ4n) is 3.72. The highest BCUT2D eigenvalue weighted by Gasteiger charge is 2.26. The summed E-state index contributed by atoms with van der Waals surface area (Å²) < 4.78 is 44.9. The summed E-state index contributed by atoms with van der Waals surface area (Å²) in [6, 6.07) is 9.20. The minimum Gasteiger partial charge on any atom is -0.493 e. The Morgan fingerprint density at radius 3 is 2.05 bits per heavy atom. The predicted octanol–water partition coefficient (Wildman–Crippen LogP) is 5.44. The molecule has 3 aromatic rings. The molecule has 2 aromatic carbocycles. The zero-order valence-corrected chi connectivity index (χ0v) is 23.1. The number of aryl methyl sites for hydroxylation is 2. The second-order valence-electron chi connectivity index (χ2n) is 8.99. The van der Waals surface area contributed by atoms with Gasteiger partial charge in [0.1, 0.15) is 23.4 Å². The van der Waals surface area contributed by atoms with Gasteiger partial charge in [-0.05, 0) is 62.1 Å². The van der Waals surface area contributed by atoms with E-state index in [2.05, 4.69) is 10.3 Å². The van der Waals surface area contributed by atoms with Gasteiger partial charge in [0.05, 0.1) is 7.11 Å². The molecule has 1 atom stereocenters.